The van der Waals surface area contributed by atoms with Crippen molar-refractivity contribution in [3.8, 4) is 0 Å². The van der Waals surface area contributed by atoms with E-state index >= 15 is 0 Å². The lowest BCUT2D eigenvalue weighted by Gasteiger charge is -2.26. The zero-order valence-electron chi connectivity index (χ0n) is 15.2. The second kappa shape index (κ2) is 9.17. The minimum Gasteiger partial charge on any atom is -0.348 e. The number of amides is 1. The Labute approximate surface area is 162 Å². The van der Waals surface area contributed by atoms with Crippen molar-refractivity contribution in [2.45, 2.75) is 50.0 Å². The van der Waals surface area contributed by atoms with Gasteiger partial charge in [0.15, 0.2) is 0 Å². The molecule has 146 valence electrons. The molecule has 1 atom stereocenters. The molecule has 1 amide bonds. The summed E-state index contributed by atoms with van der Waals surface area (Å²) in [6.07, 6.45) is 4.85. The van der Waals surface area contributed by atoms with Gasteiger partial charge in [-0.25, -0.2) is 8.42 Å². The molecule has 2 fully saturated rings. The Morgan fingerprint density at radius 3 is 2.58 bits per heavy atom. The Bertz CT molecular complexity index is 727. The summed E-state index contributed by atoms with van der Waals surface area (Å²) in [4.78, 5) is 12.9. The first-order valence-corrected chi connectivity index (χ1v) is 10.5. The number of rotatable bonds is 4. The van der Waals surface area contributed by atoms with Gasteiger partial charge in [-0.15, -0.1) is 12.4 Å². The Balaban J connectivity index is 0.00000243. The number of nitrogens with zero attached hydrogens (tertiary/aromatic N) is 1. The largest absolute Gasteiger partial charge is 0.348 e. The van der Waals surface area contributed by atoms with E-state index in [-0.39, 0.29) is 29.3 Å². The molecule has 1 aromatic rings. The first kappa shape index (κ1) is 21.2. The van der Waals surface area contributed by atoms with E-state index < -0.39 is 10.0 Å². The summed E-state index contributed by atoms with van der Waals surface area (Å²) < 4.78 is 27.2. The van der Waals surface area contributed by atoms with Gasteiger partial charge in [0.25, 0.3) is 5.91 Å². The van der Waals surface area contributed by atoms with Crippen LogP contribution in [-0.4, -0.2) is 50.9 Å². The highest BCUT2D eigenvalue weighted by molar-refractivity contribution is 7.89. The first-order valence-electron chi connectivity index (χ1n) is 9.11. The van der Waals surface area contributed by atoms with Crippen LogP contribution in [0.2, 0.25) is 0 Å². The molecule has 0 spiro atoms. The highest BCUT2D eigenvalue weighted by Gasteiger charge is 2.27. The maximum absolute atomic E-state index is 12.8. The van der Waals surface area contributed by atoms with E-state index in [4.69, 9.17) is 0 Å². The van der Waals surface area contributed by atoms with Gasteiger partial charge in [0, 0.05) is 31.2 Å². The predicted octanol–water partition coefficient (Wildman–Crippen LogP) is 2.07. The van der Waals surface area contributed by atoms with Crippen molar-refractivity contribution in [3.05, 3.63) is 29.3 Å². The summed E-state index contributed by atoms with van der Waals surface area (Å²) in [5, 5.41) is 6.29. The summed E-state index contributed by atoms with van der Waals surface area (Å²) >= 11 is 0. The molecule has 2 heterocycles. The average Bonchev–Trinajstić information content (AvgIpc) is 2.63. The van der Waals surface area contributed by atoms with E-state index in [1.54, 1.807) is 12.1 Å². The number of aryl methyl sites for hydroxylation is 1. The Morgan fingerprint density at radius 2 is 1.92 bits per heavy atom. The van der Waals surface area contributed by atoms with Crippen molar-refractivity contribution in [3.63, 3.8) is 0 Å². The third-order valence-electron chi connectivity index (χ3n) is 5.04. The molecule has 0 radical (unpaired) electrons. The van der Waals surface area contributed by atoms with E-state index in [0.29, 0.717) is 18.7 Å². The van der Waals surface area contributed by atoms with E-state index in [1.165, 1.54) is 10.4 Å². The summed E-state index contributed by atoms with van der Waals surface area (Å²) in [7, 11) is -3.53. The number of halogens is 1. The molecule has 1 aromatic carbocycles. The molecule has 0 bridgehead atoms. The minimum absolute atomic E-state index is 0. The number of sulfonamides is 1. The predicted molar refractivity (Wildman–Crippen MR) is 104 cm³/mol. The molecule has 2 aliphatic rings. The quantitative estimate of drug-likeness (QED) is 0.809. The summed E-state index contributed by atoms with van der Waals surface area (Å²) in [5.41, 5.74) is 1.24. The first-order chi connectivity index (χ1) is 12.0. The fourth-order valence-electron chi connectivity index (χ4n) is 3.50. The Hall–Kier alpha value is -1.15. The maximum atomic E-state index is 12.8. The Kier molecular flexibility index (Phi) is 7.46. The average molecular weight is 402 g/mol. The van der Waals surface area contributed by atoms with Crippen molar-refractivity contribution in [1.82, 2.24) is 14.9 Å². The van der Waals surface area contributed by atoms with Crippen LogP contribution in [0.25, 0.3) is 0 Å². The van der Waals surface area contributed by atoms with Crippen LogP contribution < -0.4 is 10.6 Å². The highest BCUT2D eigenvalue weighted by Crippen LogP contribution is 2.23. The monoisotopic (exact) mass is 401 g/mol. The fraction of sp³-hybridized carbons (Fsp3) is 0.611. The van der Waals surface area contributed by atoms with Crippen molar-refractivity contribution in [2.24, 2.45) is 0 Å². The van der Waals surface area contributed by atoms with Gasteiger partial charge < -0.3 is 10.6 Å². The summed E-state index contributed by atoms with van der Waals surface area (Å²) in [6.45, 7) is 4.70. The number of nitrogens with one attached hydrogen (secondary N) is 2. The number of hydrogen-bond donors (Lipinski definition) is 2. The van der Waals surface area contributed by atoms with Crippen molar-refractivity contribution < 1.29 is 13.2 Å². The van der Waals surface area contributed by atoms with Crippen molar-refractivity contribution in [1.29, 1.82) is 0 Å². The van der Waals surface area contributed by atoms with E-state index in [2.05, 4.69) is 10.6 Å². The highest BCUT2D eigenvalue weighted by atomic mass is 35.5. The number of hydrogen-bond acceptors (Lipinski definition) is 4. The minimum atomic E-state index is -3.53. The van der Waals surface area contributed by atoms with Gasteiger partial charge in [0.1, 0.15) is 0 Å². The number of benzene rings is 1. The molecule has 0 aliphatic carbocycles. The SMILES string of the molecule is Cc1ccc(S(=O)(=O)N2CCCCC2)cc1C(=O)NC1CCCNC1.Cl. The molecule has 2 N–H and O–H groups in total. The lowest BCUT2D eigenvalue weighted by molar-refractivity contribution is 0.0930. The van der Waals surface area contributed by atoms with Crippen LogP contribution in [0.3, 0.4) is 0 Å². The van der Waals surface area contributed by atoms with Crippen LogP contribution in [-0.2, 0) is 10.0 Å². The smallest absolute Gasteiger partial charge is 0.251 e. The van der Waals surface area contributed by atoms with Crippen LogP contribution in [0.4, 0.5) is 0 Å². The van der Waals surface area contributed by atoms with Gasteiger partial charge in [-0.05, 0) is 56.8 Å². The van der Waals surface area contributed by atoms with Crippen LogP contribution >= 0.6 is 12.4 Å². The molecular weight excluding hydrogens is 374 g/mol. The second-order valence-electron chi connectivity index (χ2n) is 6.96. The fourth-order valence-corrected chi connectivity index (χ4v) is 5.04. The standard InChI is InChI=1S/C18H27N3O3S.ClH/c1-14-7-8-16(25(23,24)21-10-3-2-4-11-21)12-17(14)18(22)20-15-6-5-9-19-13-15;/h7-8,12,15,19H,2-6,9-11,13H2,1H3,(H,20,22);1H. The normalized spacial score (nSPS) is 21.7. The van der Waals surface area contributed by atoms with Crippen LogP contribution in [0.5, 0.6) is 0 Å². The van der Waals surface area contributed by atoms with Crippen molar-refractivity contribution >= 4 is 28.3 Å². The van der Waals surface area contributed by atoms with Crippen LogP contribution in [0, 0.1) is 6.92 Å². The van der Waals surface area contributed by atoms with Gasteiger partial charge in [-0.1, -0.05) is 12.5 Å². The van der Waals surface area contributed by atoms with Gasteiger partial charge in [0.2, 0.25) is 10.0 Å². The zero-order valence-corrected chi connectivity index (χ0v) is 16.8. The van der Waals surface area contributed by atoms with Crippen molar-refractivity contribution in [2.75, 3.05) is 26.2 Å². The van der Waals surface area contributed by atoms with E-state index in [9.17, 15) is 13.2 Å². The van der Waals surface area contributed by atoms with Gasteiger partial charge >= 0.3 is 0 Å². The third-order valence-corrected chi connectivity index (χ3v) is 6.93. The van der Waals surface area contributed by atoms with E-state index in [1.807, 2.05) is 6.92 Å². The van der Waals surface area contributed by atoms with Gasteiger partial charge in [-0.3, -0.25) is 4.79 Å². The third kappa shape index (κ3) is 4.76. The topological polar surface area (TPSA) is 78.5 Å². The molecule has 0 saturated carbocycles. The maximum Gasteiger partial charge on any atom is 0.251 e. The van der Waals surface area contributed by atoms with Crippen LogP contribution in [0.1, 0.15) is 48.0 Å². The summed E-state index contributed by atoms with van der Waals surface area (Å²) in [6, 6.07) is 4.97. The number of carbonyl (C=O) groups excluding carboxylic acids is 1. The number of piperidine rings is 2. The Morgan fingerprint density at radius 1 is 1.19 bits per heavy atom. The zero-order chi connectivity index (χ0) is 17.9. The lowest BCUT2D eigenvalue weighted by atomic mass is 10.1. The van der Waals surface area contributed by atoms with Gasteiger partial charge in [0.05, 0.1) is 4.90 Å². The molecule has 3 rings (SSSR count). The second-order valence-corrected chi connectivity index (χ2v) is 8.90. The summed E-state index contributed by atoms with van der Waals surface area (Å²) in [5.74, 6) is -0.193. The number of carbonyl (C=O) groups is 1. The molecule has 2 aliphatic heterocycles. The van der Waals surface area contributed by atoms with Gasteiger partial charge in [-0.2, -0.15) is 4.31 Å². The molecule has 6 nitrogen and oxygen atoms in total. The van der Waals surface area contributed by atoms with Crippen LogP contribution in [0.15, 0.2) is 23.1 Å². The molecule has 26 heavy (non-hydrogen) atoms. The molecule has 1 unspecified atom stereocenters. The molecule has 8 heteroatoms. The molecule has 2 saturated heterocycles. The van der Waals surface area contributed by atoms with E-state index in [0.717, 1.165) is 50.8 Å². The molecule has 0 aromatic heterocycles. The lowest BCUT2D eigenvalue weighted by Crippen LogP contribution is -2.45. The molecular formula is C18H28ClN3O3S.